The van der Waals surface area contributed by atoms with Crippen LogP contribution in [0.5, 0.6) is 0 Å². The minimum Gasteiger partial charge on any atom is -0.358 e. The lowest BCUT2D eigenvalue weighted by Crippen LogP contribution is -2.58. The van der Waals surface area contributed by atoms with Crippen molar-refractivity contribution >= 4 is 5.91 Å². The molecule has 0 radical (unpaired) electrons. The molecule has 5 heteroatoms. The van der Waals surface area contributed by atoms with Crippen molar-refractivity contribution in [2.45, 2.75) is 25.3 Å². The van der Waals surface area contributed by atoms with Crippen molar-refractivity contribution in [1.29, 1.82) is 5.26 Å². The number of piperazine rings is 1. The normalized spacial score (nSPS) is 27.2. The second-order valence-electron chi connectivity index (χ2n) is 5.14. The van der Waals surface area contributed by atoms with E-state index in [0.717, 1.165) is 32.5 Å². The Balaban J connectivity index is 1.97. The van der Waals surface area contributed by atoms with Crippen LogP contribution < -0.4 is 10.6 Å². The number of nitriles is 1. The van der Waals surface area contributed by atoms with Crippen LogP contribution >= 0.6 is 0 Å². The number of hydrogen-bond donors (Lipinski definition) is 2. The van der Waals surface area contributed by atoms with E-state index in [9.17, 15) is 4.79 Å². The Morgan fingerprint density at radius 1 is 1.65 bits per heavy atom. The average Bonchev–Trinajstić information content (AvgIpc) is 3.09. The summed E-state index contributed by atoms with van der Waals surface area (Å²) in [6.07, 6.45) is 2.88. The van der Waals surface area contributed by atoms with Gasteiger partial charge in [-0.2, -0.15) is 5.26 Å². The maximum atomic E-state index is 11.8. The van der Waals surface area contributed by atoms with Crippen LogP contribution in [-0.2, 0) is 4.79 Å². The molecular weight excluding hydrogens is 216 g/mol. The fraction of sp³-hybridized carbons (Fsp3) is 0.833. The summed E-state index contributed by atoms with van der Waals surface area (Å²) in [5.41, 5.74) is 0.179. The summed E-state index contributed by atoms with van der Waals surface area (Å²) in [6, 6.07) is 2.20. The number of carbonyl (C=O) groups is 1. The highest BCUT2D eigenvalue weighted by atomic mass is 16.2. The number of hydrogen-bond acceptors (Lipinski definition) is 4. The highest BCUT2D eigenvalue weighted by Crippen LogP contribution is 2.49. The Morgan fingerprint density at radius 2 is 2.41 bits per heavy atom. The zero-order chi connectivity index (χ0) is 12.3. The molecule has 1 saturated carbocycles. The van der Waals surface area contributed by atoms with Crippen molar-refractivity contribution in [3.8, 4) is 6.07 Å². The molecule has 5 nitrogen and oxygen atoms in total. The molecule has 1 heterocycles. The van der Waals surface area contributed by atoms with E-state index in [1.165, 1.54) is 0 Å². The van der Waals surface area contributed by atoms with E-state index in [1.54, 1.807) is 7.05 Å². The van der Waals surface area contributed by atoms with Crippen LogP contribution in [0.4, 0.5) is 0 Å². The van der Waals surface area contributed by atoms with Crippen LogP contribution in [0.2, 0.25) is 0 Å². The average molecular weight is 236 g/mol. The lowest BCUT2D eigenvalue weighted by Gasteiger charge is -2.36. The summed E-state index contributed by atoms with van der Waals surface area (Å²) >= 11 is 0. The van der Waals surface area contributed by atoms with Crippen LogP contribution in [-0.4, -0.2) is 50.1 Å². The molecule has 1 aliphatic heterocycles. The highest BCUT2D eigenvalue weighted by molar-refractivity contribution is 5.81. The molecule has 1 atom stereocenters. The molecule has 17 heavy (non-hydrogen) atoms. The quantitative estimate of drug-likeness (QED) is 0.703. The maximum absolute atomic E-state index is 11.8. The lowest BCUT2D eigenvalue weighted by atomic mass is 10.0. The molecule has 1 amide bonds. The predicted molar refractivity (Wildman–Crippen MR) is 64.2 cm³/mol. The van der Waals surface area contributed by atoms with Gasteiger partial charge in [0.2, 0.25) is 5.91 Å². The first-order valence-corrected chi connectivity index (χ1v) is 6.24. The Hall–Kier alpha value is -1.12. The molecule has 94 valence electrons. The van der Waals surface area contributed by atoms with E-state index < -0.39 is 0 Å². The van der Waals surface area contributed by atoms with Crippen molar-refractivity contribution in [2.24, 2.45) is 5.41 Å². The van der Waals surface area contributed by atoms with Crippen molar-refractivity contribution in [1.82, 2.24) is 15.5 Å². The van der Waals surface area contributed by atoms with Gasteiger partial charge in [0.05, 0.1) is 6.07 Å². The summed E-state index contributed by atoms with van der Waals surface area (Å²) < 4.78 is 0. The number of carbonyl (C=O) groups excluding carboxylic acids is 1. The molecule has 2 N–H and O–H groups in total. The van der Waals surface area contributed by atoms with Gasteiger partial charge in [0.25, 0.3) is 0 Å². The number of rotatable bonds is 4. The number of nitrogens with zero attached hydrogens (tertiary/aromatic N) is 2. The summed E-state index contributed by atoms with van der Waals surface area (Å²) in [7, 11) is 1.68. The van der Waals surface area contributed by atoms with Crippen molar-refractivity contribution < 1.29 is 4.79 Å². The lowest BCUT2D eigenvalue weighted by molar-refractivity contribution is -0.126. The smallest absolute Gasteiger partial charge is 0.238 e. The Bertz CT molecular complexity index is 332. The van der Waals surface area contributed by atoms with Crippen LogP contribution in [0.25, 0.3) is 0 Å². The number of likely N-dealkylation sites (N-methyl/N-ethyl adjacent to an activating group) is 1. The second-order valence-corrected chi connectivity index (χ2v) is 5.14. The largest absolute Gasteiger partial charge is 0.358 e. The number of amides is 1. The van der Waals surface area contributed by atoms with Gasteiger partial charge < -0.3 is 10.6 Å². The third-order valence-electron chi connectivity index (χ3n) is 3.85. The van der Waals surface area contributed by atoms with E-state index in [0.29, 0.717) is 13.0 Å². The fourth-order valence-electron chi connectivity index (χ4n) is 2.53. The molecule has 0 spiro atoms. The van der Waals surface area contributed by atoms with Crippen LogP contribution in [0, 0.1) is 16.7 Å². The first-order valence-electron chi connectivity index (χ1n) is 6.24. The van der Waals surface area contributed by atoms with Gasteiger partial charge >= 0.3 is 0 Å². The summed E-state index contributed by atoms with van der Waals surface area (Å²) in [5.74, 6) is 0.0740. The zero-order valence-corrected chi connectivity index (χ0v) is 10.3. The van der Waals surface area contributed by atoms with Gasteiger partial charge in [-0.1, -0.05) is 0 Å². The van der Waals surface area contributed by atoms with Gasteiger partial charge in [-0.25, -0.2) is 0 Å². The SMILES string of the molecule is CNC(=O)C1CNCCN1CC1(CC#N)CC1. The molecule has 1 aliphatic carbocycles. The van der Waals surface area contributed by atoms with Crippen LogP contribution in [0.3, 0.4) is 0 Å². The van der Waals surface area contributed by atoms with Crippen LogP contribution in [0.15, 0.2) is 0 Å². The monoisotopic (exact) mass is 236 g/mol. The molecule has 0 aromatic heterocycles. The van der Waals surface area contributed by atoms with Gasteiger partial charge in [-0.05, 0) is 18.3 Å². The molecule has 2 fully saturated rings. The molecule has 0 bridgehead atoms. The Labute approximate surface area is 102 Å². The van der Waals surface area contributed by atoms with E-state index in [4.69, 9.17) is 5.26 Å². The molecular formula is C12H20N4O. The molecule has 0 aromatic carbocycles. The van der Waals surface area contributed by atoms with Gasteiger partial charge in [-0.15, -0.1) is 0 Å². The number of nitrogens with one attached hydrogen (secondary N) is 2. The minimum atomic E-state index is -0.0788. The second kappa shape index (κ2) is 5.03. The van der Waals surface area contributed by atoms with Gasteiger partial charge in [0, 0.05) is 39.6 Å². The molecule has 2 aliphatic rings. The Morgan fingerprint density at radius 3 is 3.00 bits per heavy atom. The van der Waals surface area contributed by atoms with Crippen LogP contribution in [0.1, 0.15) is 19.3 Å². The van der Waals surface area contributed by atoms with Crippen molar-refractivity contribution in [2.75, 3.05) is 33.2 Å². The molecule has 0 aromatic rings. The minimum absolute atomic E-state index is 0.0740. The first kappa shape index (κ1) is 12.3. The van der Waals surface area contributed by atoms with Crippen molar-refractivity contribution in [3.63, 3.8) is 0 Å². The fourth-order valence-corrected chi connectivity index (χ4v) is 2.53. The van der Waals surface area contributed by atoms with E-state index in [-0.39, 0.29) is 17.4 Å². The van der Waals surface area contributed by atoms with Gasteiger partial charge in [0.1, 0.15) is 6.04 Å². The summed E-state index contributed by atoms with van der Waals surface area (Å²) in [5, 5.41) is 14.8. The van der Waals surface area contributed by atoms with E-state index in [1.807, 2.05) is 0 Å². The van der Waals surface area contributed by atoms with Gasteiger partial charge in [0.15, 0.2) is 0 Å². The standard InChI is InChI=1S/C12H20N4O/c1-14-11(17)10-8-15-6-7-16(10)9-12(2-3-12)4-5-13/h10,15H,2-4,6-9H2,1H3,(H,14,17). The van der Waals surface area contributed by atoms with Crippen molar-refractivity contribution in [3.05, 3.63) is 0 Å². The zero-order valence-electron chi connectivity index (χ0n) is 10.3. The summed E-state index contributed by atoms with van der Waals surface area (Å²) in [6.45, 7) is 3.42. The van der Waals surface area contributed by atoms with E-state index in [2.05, 4.69) is 21.6 Å². The molecule has 2 rings (SSSR count). The molecule has 1 unspecified atom stereocenters. The third-order valence-corrected chi connectivity index (χ3v) is 3.85. The molecule has 1 saturated heterocycles. The first-order chi connectivity index (χ1) is 8.21. The predicted octanol–water partition coefficient (Wildman–Crippen LogP) is -0.300. The highest BCUT2D eigenvalue weighted by Gasteiger charge is 2.45. The Kier molecular flexibility index (Phi) is 3.65. The maximum Gasteiger partial charge on any atom is 0.238 e. The topological polar surface area (TPSA) is 68.2 Å². The van der Waals surface area contributed by atoms with Gasteiger partial charge in [-0.3, -0.25) is 9.69 Å². The third kappa shape index (κ3) is 2.76. The van der Waals surface area contributed by atoms with E-state index >= 15 is 0 Å². The summed E-state index contributed by atoms with van der Waals surface area (Å²) in [4.78, 5) is 14.0.